The van der Waals surface area contributed by atoms with Gasteiger partial charge in [0.25, 0.3) is 0 Å². The van der Waals surface area contributed by atoms with Crippen LogP contribution in [0.2, 0.25) is 0 Å². The van der Waals surface area contributed by atoms with Crippen molar-refractivity contribution in [1.82, 2.24) is 39.3 Å². The summed E-state index contributed by atoms with van der Waals surface area (Å²) in [5.41, 5.74) is 0. The maximum Gasteiger partial charge on any atom is 0.147 e. The lowest BCUT2D eigenvalue weighted by molar-refractivity contribution is 0.141. The van der Waals surface area contributed by atoms with Crippen molar-refractivity contribution in [3.8, 4) is 0 Å². The third-order valence-electron chi connectivity index (χ3n) is 5.82. The van der Waals surface area contributed by atoms with Gasteiger partial charge in [-0.1, -0.05) is 20.8 Å². The molecule has 2 aromatic heterocycles. The van der Waals surface area contributed by atoms with E-state index in [9.17, 15) is 0 Å². The molecule has 8 heteroatoms. The molecule has 2 aliphatic heterocycles. The number of nitrogens with zero attached hydrogens (tertiary/aromatic N) is 8. The lowest BCUT2D eigenvalue weighted by Gasteiger charge is -2.35. The summed E-state index contributed by atoms with van der Waals surface area (Å²) >= 11 is 0. The van der Waals surface area contributed by atoms with Crippen molar-refractivity contribution in [1.29, 1.82) is 0 Å². The number of hydrogen-bond donors (Lipinski definition) is 0. The van der Waals surface area contributed by atoms with Gasteiger partial charge in [0.1, 0.15) is 23.3 Å². The van der Waals surface area contributed by atoms with E-state index in [0.29, 0.717) is 17.9 Å². The molecule has 142 valence electrons. The minimum absolute atomic E-state index is 0.381. The maximum absolute atomic E-state index is 4.53. The van der Waals surface area contributed by atoms with Gasteiger partial charge in [0.2, 0.25) is 0 Å². The fourth-order valence-electron chi connectivity index (χ4n) is 4.23. The van der Waals surface area contributed by atoms with Crippen LogP contribution < -0.4 is 0 Å². The zero-order chi connectivity index (χ0) is 18.4. The molecule has 8 nitrogen and oxygen atoms in total. The van der Waals surface area contributed by atoms with Crippen molar-refractivity contribution in [3.05, 3.63) is 23.3 Å². The van der Waals surface area contributed by atoms with E-state index < -0.39 is 0 Å². The van der Waals surface area contributed by atoms with Crippen molar-refractivity contribution in [2.75, 3.05) is 20.6 Å². The van der Waals surface area contributed by atoms with E-state index >= 15 is 0 Å². The second kappa shape index (κ2) is 6.74. The van der Waals surface area contributed by atoms with Crippen LogP contribution >= 0.6 is 0 Å². The number of hydrogen-bond acceptors (Lipinski definition) is 6. The quantitative estimate of drug-likeness (QED) is 0.824. The summed E-state index contributed by atoms with van der Waals surface area (Å²) in [5, 5.41) is 17.8. The Morgan fingerprint density at radius 2 is 1.65 bits per heavy atom. The standard InChI is InChI=1S/C18H30N8/c1-12(2)17-21-19-15-9-14(24(5)11-26(15)17)8-13(3)18-22-20-16-10-23(4)6-7-25(16)18/h12-14H,6-11H2,1-5H3. The van der Waals surface area contributed by atoms with E-state index in [0.717, 1.165) is 62.4 Å². The van der Waals surface area contributed by atoms with E-state index in [1.54, 1.807) is 0 Å². The van der Waals surface area contributed by atoms with E-state index in [-0.39, 0.29) is 0 Å². The number of aromatic nitrogens is 6. The highest BCUT2D eigenvalue weighted by atomic mass is 15.4. The highest BCUT2D eigenvalue weighted by Crippen LogP contribution is 2.28. The maximum atomic E-state index is 4.53. The van der Waals surface area contributed by atoms with Crippen molar-refractivity contribution in [2.45, 2.75) is 71.2 Å². The summed E-state index contributed by atoms with van der Waals surface area (Å²) in [5.74, 6) is 5.23. The van der Waals surface area contributed by atoms with Crippen molar-refractivity contribution in [3.63, 3.8) is 0 Å². The molecule has 4 heterocycles. The largest absolute Gasteiger partial charge is 0.312 e. The van der Waals surface area contributed by atoms with Gasteiger partial charge in [-0.3, -0.25) is 9.80 Å². The molecular formula is C18H30N8. The zero-order valence-corrected chi connectivity index (χ0v) is 16.6. The molecule has 0 amide bonds. The molecule has 2 aromatic rings. The number of fused-ring (bicyclic) bond motifs is 2. The van der Waals surface area contributed by atoms with E-state index in [1.165, 1.54) is 0 Å². The van der Waals surface area contributed by atoms with Crippen LogP contribution in [-0.2, 0) is 26.2 Å². The Labute approximate surface area is 155 Å². The highest BCUT2D eigenvalue weighted by molar-refractivity contribution is 5.08. The summed E-state index contributed by atoms with van der Waals surface area (Å²) < 4.78 is 4.60. The molecule has 0 saturated heterocycles. The third kappa shape index (κ3) is 3.05. The molecule has 26 heavy (non-hydrogen) atoms. The Balaban J connectivity index is 1.49. The first-order valence-electron chi connectivity index (χ1n) is 9.66. The Morgan fingerprint density at radius 1 is 0.923 bits per heavy atom. The molecule has 0 aliphatic carbocycles. The Morgan fingerprint density at radius 3 is 2.42 bits per heavy atom. The topological polar surface area (TPSA) is 67.9 Å². The van der Waals surface area contributed by atoms with E-state index in [1.807, 2.05) is 0 Å². The van der Waals surface area contributed by atoms with Crippen LogP contribution in [-0.4, -0.2) is 66.0 Å². The summed E-state index contributed by atoms with van der Waals surface area (Å²) in [4.78, 5) is 4.73. The van der Waals surface area contributed by atoms with Gasteiger partial charge in [-0.05, 0) is 20.5 Å². The van der Waals surface area contributed by atoms with Gasteiger partial charge in [-0.15, -0.1) is 20.4 Å². The highest BCUT2D eigenvalue weighted by Gasteiger charge is 2.31. The summed E-state index contributed by atoms with van der Waals surface area (Å²) in [6.07, 6.45) is 2.01. The minimum Gasteiger partial charge on any atom is -0.312 e. The average molecular weight is 358 g/mol. The molecule has 0 spiro atoms. The lowest BCUT2D eigenvalue weighted by atomic mass is 9.96. The van der Waals surface area contributed by atoms with Crippen molar-refractivity contribution >= 4 is 0 Å². The molecule has 0 saturated carbocycles. The minimum atomic E-state index is 0.381. The fraction of sp³-hybridized carbons (Fsp3) is 0.778. The number of likely N-dealkylation sites (N-methyl/N-ethyl adjacent to an activating group) is 2. The second-order valence-electron chi connectivity index (χ2n) is 8.31. The lowest BCUT2D eigenvalue weighted by Crippen LogP contribution is -2.42. The van der Waals surface area contributed by atoms with E-state index in [2.05, 4.69) is 74.2 Å². The fourth-order valence-corrected chi connectivity index (χ4v) is 4.23. The van der Waals surface area contributed by atoms with Crippen LogP contribution in [0, 0.1) is 0 Å². The molecular weight excluding hydrogens is 328 g/mol. The van der Waals surface area contributed by atoms with Gasteiger partial charge in [-0.25, -0.2) is 0 Å². The predicted octanol–water partition coefficient (Wildman–Crippen LogP) is 1.45. The first-order valence-corrected chi connectivity index (χ1v) is 9.66. The first kappa shape index (κ1) is 17.6. The van der Waals surface area contributed by atoms with Gasteiger partial charge in [-0.2, -0.15) is 0 Å². The first-order chi connectivity index (χ1) is 12.4. The van der Waals surface area contributed by atoms with Crippen LogP contribution in [0.1, 0.15) is 62.3 Å². The molecule has 0 fully saturated rings. The average Bonchev–Trinajstić information content (AvgIpc) is 3.18. The molecule has 2 unspecified atom stereocenters. The molecule has 2 atom stereocenters. The van der Waals surface area contributed by atoms with Crippen LogP contribution in [0.3, 0.4) is 0 Å². The predicted molar refractivity (Wildman–Crippen MR) is 98.8 cm³/mol. The second-order valence-corrected chi connectivity index (χ2v) is 8.31. The van der Waals surface area contributed by atoms with Crippen LogP contribution in [0.15, 0.2) is 0 Å². The van der Waals surface area contributed by atoms with Gasteiger partial charge < -0.3 is 9.13 Å². The van der Waals surface area contributed by atoms with Crippen LogP contribution in [0.25, 0.3) is 0 Å². The Hall–Kier alpha value is -1.80. The Kier molecular flexibility index (Phi) is 4.56. The van der Waals surface area contributed by atoms with Crippen molar-refractivity contribution < 1.29 is 0 Å². The monoisotopic (exact) mass is 358 g/mol. The summed E-state index contributed by atoms with van der Waals surface area (Å²) in [7, 11) is 4.35. The normalized spacial score (nSPS) is 22.5. The third-order valence-corrected chi connectivity index (χ3v) is 5.82. The van der Waals surface area contributed by atoms with Crippen molar-refractivity contribution in [2.24, 2.45) is 0 Å². The van der Waals surface area contributed by atoms with E-state index in [4.69, 9.17) is 0 Å². The SMILES string of the molecule is CC(C)c1nnc2n1CN(C)C(CC(C)c1nnc3n1CCN(C)C3)C2. The Bertz CT molecular complexity index is 776. The molecule has 0 radical (unpaired) electrons. The smallest absolute Gasteiger partial charge is 0.147 e. The molecule has 0 bridgehead atoms. The van der Waals surface area contributed by atoms with Gasteiger partial charge in [0.05, 0.1) is 13.2 Å². The molecule has 0 N–H and O–H groups in total. The summed E-state index contributed by atoms with van der Waals surface area (Å²) in [6, 6.07) is 0.459. The van der Waals surface area contributed by atoms with Gasteiger partial charge >= 0.3 is 0 Å². The van der Waals surface area contributed by atoms with Crippen LogP contribution in [0.4, 0.5) is 0 Å². The summed E-state index contributed by atoms with van der Waals surface area (Å²) in [6.45, 7) is 10.5. The van der Waals surface area contributed by atoms with Gasteiger partial charge in [0.15, 0.2) is 0 Å². The van der Waals surface area contributed by atoms with Gasteiger partial charge in [0, 0.05) is 37.4 Å². The molecule has 2 aliphatic rings. The molecule has 4 rings (SSSR count). The molecule has 0 aromatic carbocycles. The zero-order valence-electron chi connectivity index (χ0n) is 16.6. The number of rotatable bonds is 4. The van der Waals surface area contributed by atoms with Crippen LogP contribution in [0.5, 0.6) is 0 Å².